The van der Waals surface area contributed by atoms with E-state index < -0.39 is 10.0 Å². The van der Waals surface area contributed by atoms with E-state index in [1.54, 1.807) is 4.90 Å². The summed E-state index contributed by atoms with van der Waals surface area (Å²) < 4.78 is 26.8. The Bertz CT molecular complexity index is 953. The minimum Gasteiger partial charge on any atom is -0.331 e. The first-order valence-corrected chi connectivity index (χ1v) is 11.5. The van der Waals surface area contributed by atoms with Crippen LogP contribution in [-0.2, 0) is 15.8 Å². The summed E-state index contributed by atoms with van der Waals surface area (Å²) in [7, 11) is -3.39. The predicted octanol–water partition coefficient (Wildman–Crippen LogP) is 3.22. The molecule has 3 rings (SSSR count). The van der Waals surface area contributed by atoms with Gasteiger partial charge in [0.25, 0.3) is 0 Å². The fourth-order valence-electron chi connectivity index (χ4n) is 3.63. The van der Waals surface area contributed by atoms with Gasteiger partial charge in [0.2, 0.25) is 10.0 Å². The van der Waals surface area contributed by atoms with Gasteiger partial charge in [-0.1, -0.05) is 54.1 Å². The highest BCUT2D eigenvalue weighted by molar-refractivity contribution is 7.88. The number of benzene rings is 2. The highest BCUT2D eigenvalue weighted by Crippen LogP contribution is 2.20. The van der Waals surface area contributed by atoms with Crippen molar-refractivity contribution in [3.63, 3.8) is 0 Å². The molecule has 2 amide bonds. The number of carbonyl (C=O) groups is 1. The molecule has 1 saturated heterocycles. The number of rotatable bonds is 5. The summed E-state index contributed by atoms with van der Waals surface area (Å²) in [5.41, 5.74) is 4.17. The van der Waals surface area contributed by atoms with Crippen molar-refractivity contribution in [3.05, 3.63) is 70.8 Å². The lowest BCUT2D eigenvalue weighted by Gasteiger charge is -2.34. The van der Waals surface area contributed by atoms with Gasteiger partial charge in [-0.25, -0.2) is 13.2 Å². The molecule has 29 heavy (non-hydrogen) atoms. The topological polar surface area (TPSA) is 69.7 Å². The van der Waals surface area contributed by atoms with Gasteiger partial charge in [0.15, 0.2) is 0 Å². The number of carbonyl (C=O) groups excluding carboxylic acids is 1. The molecule has 6 nitrogen and oxygen atoms in total. The molecule has 2 aromatic carbocycles. The first-order valence-electron chi connectivity index (χ1n) is 9.90. The Morgan fingerprint density at radius 2 is 1.69 bits per heavy atom. The van der Waals surface area contributed by atoms with Gasteiger partial charge in [0.1, 0.15) is 0 Å². The van der Waals surface area contributed by atoms with Gasteiger partial charge in [-0.2, -0.15) is 4.31 Å². The molecule has 0 saturated carbocycles. The fourth-order valence-corrected chi connectivity index (χ4v) is 5.14. The summed E-state index contributed by atoms with van der Waals surface area (Å²) in [6.07, 6.45) is 0. The second-order valence-corrected chi connectivity index (χ2v) is 9.63. The van der Waals surface area contributed by atoms with Crippen molar-refractivity contribution in [3.8, 4) is 0 Å². The lowest BCUT2D eigenvalue weighted by molar-refractivity contribution is 0.169. The average molecular weight is 416 g/mol. The molecule has 1 atom stereocenters. The van der Waals surface area contributed by atoms with Gasteiger partial charge < -0.3 is 10.2 Å². The van der Waals surface area contributed by atoms with Crippen molar-refractivity contribution in [1.29, 1.82) is 0 Å². The minimum atomic E-state index is -3.39. The van der Waals surface area contributed by atoms with Gasteiger partial charge in [-0.05, 0) is 37.5 Å². The molecule has 0 spiro atoms. The summed E-state index contributed by atoms with van der Waals surface area (Å²) in [6.45, 7) is 7.46. The summed E-state index contributed by atoms with van der Waals surface area (Å²) in [4.78, 5) is 14.4. The van der Waals surface area contributed by atoms with E-state index in [9.17, 15) is 13.2 Å². The molecule has 0 aromatic heterocycles. The zero-order valence-corrected chi connectivity index (χ0v) is 18.1. The molecule has 156 valence electrons. The van der Waals surface area contributed by atoms with E-state index in [1.807, 2.05) is 51.1 Å². The van der Waals surface area contributed by atoms with Crippen LogP contribution in [0.1, 0.15) is 35.2 Å². The highest BCUT2D eigenvalue weighted by Gasteiger charge is 2.29. The van der Waals surface area contributed by atoms with Crippen LogP contribution >= 0.6 is 0 Å². The number of hydrogen-bond acceptors (Lipinski definition) is 3. The fraction of sp³-hybridized carbons (Fsp3) is 0.409. The van der Waals surface area contributed by atoms with Gasteiger partial charge in [-0.3, -0.25) is 0 Å². The van der Waals surface area contributed by atoms with Crippen molar-refractivity contribution in [2.24, 2.45) is 0 Å². The van der Waals surface area contributed by atoms with Crippen LogP contribution in [0, 0.1) is 13.8 Å². The standard InChI is InChI=1S/C22H29N3O3S/c1-17-9-10-18(2)21(15-17)19(3)23-22(26)24-11-13-25(14-12-24)29(27,28)16-20-7-5-4-6-8-20/h4-10,15,19H,11-14,16H2,1-3H3,(H,23,26)/t19-/m0/s1. The highest BCUT2D eigenvalue weighted by atomic mass is 32.2. The predicted molar refractivity (Wildman–Crippen MR) is 115 cm³/mol. The van der Waals surface area contributed by atoms with Crippen LogP contribution in [0.15, 0.2) is 48.5 Å². The second-order valence-electron chi connectivity index (χ2n) is 7.66. The monoisotopic (exact) mass is 415 g/mol. The number of nitrogens with zero attached hydrogens (tertiary/aromatic N) is 2. The van der Waals surface area contributed by atoms with E-state index in [1.165, 1.54) is 4.31 Å². The van der Waals surface area contributed by atoms with Crippen molar-refractivity contribution < 1.29 is 13.2 Å². The van der Waals surface area contributed by atoms with E-state index in [0.29, 0.717) is 26.2 Å². The van der Waals surface area contributed by atoms with E-state index in [4.69, 9.17) is 0 Å². The average Bonchev–Trinajstić information content (AvgIpc) is 2.70. The Hall–Kier alpha value is -2.38. The quantitative estimate of drug-likeness (QED) is 0.815. The lowest BCUT2D eigenvalue weighted by Crippen LogP contribution is -2.53. The third-order valence-electron chi connectivity index (χ3n) is 5.35. The molecule has 2 aromatic rings. The summed E-state index contributed by atoms with van der Waals surface area (Å²) >= 11 is 0. The van der Waals surface area contributed by atoms with Crippen molar-refractivity contribution >= 4 is 16.1 Å². The molecule has 1 aliphatic heterocycles. The van der Waals surface area contributed by atoms with E-state index >= 15 is 0 Å². The maximum Gasteiger partial charge on any atom is 0.317 e. The van der Waals surface area contributed by atoms with Crippen LogP contribution < -0.4 is 5.32 Å². The van der Waals surface area contributed by atoms with Crippen LogP contribution in [-0.4, -0.2) is 49.8 Å². The summed E-state index contributed by atoms with van der Waals surface area (Å²) in [5.74, 6) is -0.0102. The summed E-state index contributed by atoms with van der Waals surface area (Å²) in [5, 5.41) is 3.05. The van der Waals surface area contributed by atoms with Gasteiger partial charge >= 0.3 is 6.03 Å². The zero-order chi connectivity index (χ0) is 21.0. The first-order chi connectivity index (χ1) is 13.8. The molecule has 0 unspecified atom stereocenters. The number of piperazine rings is 1. The molecular formula is C22H29N3O3S. The second kappa shape index (κ2) is 8.97. The van der Waals surface area contributed by atoms with Crippen molar-refractivity contribution in [2.75, 3.05) is 26.2 Å². The SMILES string of the molecule is Cc1ccc(C)c([C@H](C)NC(=O)N2CCN(S(=O)(=O)Cc3ccccc3)CC2)c1. The third kappa shape index (κ3) is 5.36. The van der Waals surface area contributed by atoms with E-state index in [0.717, 1.165) is 22.3 Å². The molecule has 1 heterocycles. The third-order valence-corrected chi connectivity index (χ3v) is 7.20. The molecule has 7 heteroatoms. The van der Waals surface area contributed by atoms with Gasteiger partial charge in [0.05, 0.1) is 11.8 Å². The number of urea groups is 1. The maximum absolute atomic E-state index is 12.7. The van der Waals surface area contributed by atoms with Gasteiger partial charge in [0, 0.05) is 26.2 Å². The largest absolute Gasteiger partial charge is 0.331 e. The molecular weight excluding hydrogens is 386 g/mol. The molecule has 1 N–H and O–H groups in total. The maximum atomic E-state index is 12.7. The number of sulfonamides is 1. The molecule has 0 radical (unpaired) electrons. The van der Waals surface area contributed by atoms with E-state index in [-0.39, 0.29) is 17.8 Å². The van der Waals surface area contributed by atoms with Crippen molar-refractivity contribution in [1.82, 2.24) is 14.5 Å². The normalized spacial score (nSPS) is 16.4. The molecule has 1 fully saturated rings. The van der Waals surface area contributed by atoms with Crippen LogP contribution in [0.2, 0.25) is 0 Å². The Labute approximate surface area is 173 Å². The first kappa shape index (κ1) is 21.3. The summed E-state index contributed by atoms with van der Waals surface area (Å²) in [6, 6.07) is 15.1. The lowest BCUT2D eigenvalue weighted by atomic mass is 10.0. The molecule has 0 aliphatic carbocycles. The van der Waals surface area contributed by atoms with Crippen LogP contribution in [0.3, 0.4) is 0 Å². The molecule has 1 aliphatic rings. The van der Waals surface area contributed by atoms with E-state index in [2.05, 4.69) is 23.5 Å². The van der Waals surface area contributed by atoms with Gasteiger partial charge in [-0.15, -0.1) is 0 Å². The number of amides is 2. The Kier molecular flexibility index (Phi) is 6.59. The van der Waals surface area contributed by atoms with Crippen molar-refractivity contribution in [2.45, 2.75) is 32.6 Å². The number of nitrogens with one attached hydrogen (secondary N) is 1. The Balaban J connectivity index is 1.56. The smallest absolute Gasteiger partial charge is 0.317 e. The number of hydrogen-bond donors (Lipinski definition) is 1. The zero-order valence-electron chi connectivity index (χ0n) is 17.3. The van der Waals surface area contributed by atoms with Crippen LogP contribution in [0.4, 0.5) is 4.79 Å². The Morgan fingerprint density at radius 1 is 1.03 bits per heavy atom. The Morgan fingerprint density at radius 3 is 2.34 bits per heavy atom. The van der Waals surface area contributed by atoms with Crippen LogP contribution in [0.5, 0.6) is 0 Å². The molecule has 0 bridgehead atoms. The van der Waals surface area contributed by atoms with Crippen LogP contribution in [0.25, 0.3) is 0 Å². The minimum absolute atomic E-state index is 0.0102. The number of aryl methyl sites for hydroxylation is 2.